The molecule has 0 amide bonds. The topological polar surface area (TPSA) is 88.3 Å². The smallest absolute Gasteiger partial charge is 0.524 e. The summed E-state index contributed by atoms with van der Waals surface area (Å²) in [6.07, 6.45) is 11.6. The average Bonchev–Trinajstić information content (AvgIpc) is 3.40. The van der Waals surface area contributed by atoms with E-state index < -0.39 is 7.12 Å². The van der Waals surface area contributed by atoms with E-state index in [9.17, 15) is 5.02 Å². The summed E-state index contributed by atoms with van der Waals surface area (Å²) < 4.78 is 7.55. The second kappa shape index (κ2) is 7.74. The fourth-order valence-electron chi connectivity index (χ4n) is 3.71. The van der Waals surface area contributed by atoms with Gasteiger partial charge in [-0.2, -0.15) is 5.10 Å². The zero-order valence-corrected chi connectivity index (χ0v) is 17.6. The Hall–Kier alpha value is -2.09. The molecule has 8 heteroatoms. The third-order valence-corrected chi connectivity index (χ3v) is 6.00. The van der Waals surface area contributed by atoms with Gasteiger partial charge in [0.1, 0.15) is 5.82 Å². The summed E-state index contributed by atoms with van der Waals surface area (Å²) in [5.41, 5.74) is -0.415. The number of hydrogen-bond donors (Lipinski definition) is 2. The second-order valence-electron chi connectivity index (χ2n) is 9.36. The number of nitrogens with zero attached hydrogens (tertiary/aromatic N) is 4. The first-order valence-electron chi connectivity index (χ1n) is 10.0. The standard InChI is InChI=1S/C20H32BN5O2/c1-18(2,17-24-15-21(27)28-17)7-9-20(5,16-22-12-13-23-16)10-8-19(3,4)26-14-6-11-25-26/h6,11-14,27H,7-10,15H2,1-5H3,(H,22,23). The molecule has 152 valence electrons. The molecular formula is C20H32BN5O2. The SMILES string of the molecule is CC(C)(CCC(C)(CCC(C)(C)n1cccn1)c1ncc[nH]1)C1=NCB(O)O1. The summed E-state index contributed by atoms with van der Waals surface area (Å²) in [4.78, 5) is 12.3. The molecule has 2 aromatic rings. The molecule has 2 aromatic heterocycles. The van der Waals surface area contributed by atoms with Crippen molar-refractivity contribution in [3.8, 4) is 0 Å². The van der Waals surface area contributed by atoms with Crippen molar-refractivity contribution in [2.45, 2.75) is 71.3 Å². The molecule has 1 aliphatic heterocycles. The predicted octanol–water partition coefficient (Wildman–Crippen LogP) is 3.33. The summed E-state index contributed by atoms with van der Waals surface area (Å²) in [6.45, 7) is 11.0. The molecule has 28 heavy (non-hydrogen) atoms. The van der Waals surface area contributed by atoms with E-state index in [1.165, 1.54) is 0 Å². The van der Waals surface area contributed by atoms with E-state index in [4.69, 9.17) is 4.65 Å². The fourth-order valence-corrected chi connectivity index (χ4v) is 3.71. The van der Waals surface area contributed by atoms with Gasteiger partial charge in [-0.3, -0.25) is 9.67 Å². The minimum absolute atomic E-state index is 0.0738. The van der Waals surface area contributed by atoms with Crippen LogP contribution in [0.5, 0.6) is 0 Å². The Bertz CT molecular complexity index is 786. The Morgan fingerprint density at radius 3 is 2.46 bits per heavy atom. The maximum atomic E-state index is 9.65. The lowest BCUT2D eigenvalue weighted by Gasteiger charge is -2.35. The van der Waals surface area contributed by atoms with E-state index in [1.807, 2.05) is 35.5 Å². The van der Waals surface area contributed by atoms with Gasteiger partial charge in [0.2, 0.25) is 0 Å². The molecule has 0 radical (unpaired) electrons. The first kappa shape index (κ1) is 20.6. The molecule has 3 rings (SSSR count). The first-order valence-corrected chi connectivity index (χ1v) is 10.0. The minimum Gasteiger partial charge on any atom is -0.524 e. The zero-order chi connectivity index (χ0) is 20.4. The van der Waals surface area contributed by atoms with Gasteiger partial charge in [-0.05, 0) is 45.6 Å². The molecule has 1 aliphatic rings. The predicted molar refractivity (Wildman–Crippen MR) is 111 cm³/mol. The third kappa shape index (κ3) is 4.48. The molecule has 0 spiro atoms. The summed E-state index contributed by atoms with van der Waals surface area (Å²) >= 11 is 0. The van der Waals surface area contributed by atoms with Crippen molar-refractivity contribution in [2.75, 3.05) is 6.44 Å². The van der Waals surface area contributed by atoms with Crippen LogP contribution < -0.4 is 0 Å². The van der Waals surface area contributed by atoms with E-state index in [0.717, 1.165) is 31.5 Å². The number of aliphatic imine (C=N–C) groups is 1. The monoisotopic (exact) mass is 385 g/mol. The van der Waals surface area contributed by atoms with E-state index >= 15 is 0 Å². The van der Waals surface area contributed by atoms with E-state index in [0.29, 0.717) is 12.3 Å². The Morgan fingerprint density at radius 2 is 1.89 bits per heavy atom. The third-order valence-electron chi connectivity index (χ3n) is 6.00. The molecule has 0 saturated heterocycles. The van der Waals surface area contributed by atoms with Gasteiger partial charge >= 0.3 is 7.12 Å². The van der Waals surface area contributed by atoms with Crippen molar-refractivity contribution in [3.63, 3.8) is 0 Å². The number of hydrogen-bond acceptors (Lipinski definition) is 5. The molecule has 0 saturated carbocycles. The molecule has 0 aromatic carbocycles. The summed E-state index contributed by atoms with van der Waals surface area (Å²) in [5, 5.41) is 14.1. The van der Waals surface area contributed by atoms with Crippen molar-refractivity contribution in [2.24, 2.45) is 10.4 Å². The van der Waals surface area contributed by atoms with Crippen LogP contribution in [0.15, 0.2) is 35.8 Å². The highest BCUT2D eigenvalue weighted by molar-refractivity contribution is 6.47. The second-order valence-corrected chi connectivity index (χ2v) is 9.36. The Kier molecular flexibility index (Phi) is 5.70. The van der Waals surface area contributed by atoms with Crippen LogP contribution in [-0.2, 0) is 15.6 Å². The van der Waals surface area contributed by atoms with E-state index in [2.05, 4.69) is 54.7 Å². The van der Waals surface area contributed by atoms with Crippen LogP contribution in [0.3, 0.4) is 0 Å². The zero-order valence-electron chi connectivity index (χ0n) is 17.6. The Labute approximate surface area is 167 Å². The molecule has 7 nitrogen and oxygen atoms in total. The van der Waals surface area contributed by atoms with Gasteiger partial charge in [0.25, 0.3) is 0 Å². The molecule has 0 bridgehead atoms. The van der Waals surface area contributed by atoms with Gasteiger partial charge in [-0.1, -0.05) is 20.8 Å². The number of imidazole rings is 1. The lowest BCUT2D eigenvalue weighted by molar-refractivity contribution is 0.230. The number of nitrogens with one attached hydrogen (secondary N) is 1. The highest BCUT2D eigenvalue weighted by atomic mass is 16.5. The van der Waals surface area contributed by atoms with Gasteiger partial charge in [-0.25, -0.2) is 4.98 Å². The summed E-state index contributed by atoms with van der Waals surface area (Å²) in [6, 6.07) is 1.97. The number of aromatic nitrogens is 4. The largest absolute Gasteiger partial charge is 0.546 e. The molecular weight excluding hydrogens is 353 g/mol. The molecule has 1 unspecified atom stereocenters. The number of H-pyrrole nitrogens is 1. The van der Waals surface area contributed by atoms with E-state index in [1.54, 1.807) is 0 Å². The maximum absolute atomic E-state index is 9.65. The lowest BCUT2D eigenvalue weighted by atomic mass is 9.73. The van der Waals surface area contributed by atoms with Crippen molar-refractivity contribution in [1.82, 2.24) is 19.7 Å². The number of rotatable bonds is 9. The Balaban J connectivity index is 1.72. The van der Waals surface area contributed by atoms with Crippen LogP contribution in [-0.4, -0.2) is 44.2 Å². The maximum Gasteiger partial charge on any atom is 0.546 e. The highest BCUT2D eigenvalue weighted by Crippen LogP contribution is 2.39. The molecule has 2 N–H and O–H groups in total. The van der Waals surface area contributed by atoms with Crippen LogP contribution >= 0.6 is 0 Å². The fraction of sp³-hybridized carbons (Fsp3) is 0.650. The van der Waals surface area contributed by atoms with Crippen molar-refractivity contribution in [1.29, 1.82) is 0 Å². The molecule has 1 atom stereocenters. The molecule has 0 fully saturated rings. The first-order chi connectivity index (χ1) is 13.1. The van der Waals surface area contributed by atoms with Crippen LogP contribution in [0.4, 0.5) is 0 Å². The molecule has 0 aliphatic carbocycles. The van der Waals surface area contributed by atoms with Crippen LogP contribution in [0.25, 0.3) is 0 Å². The van der Waals surface area contributed by atoms with Gasteiger partial charge in [0, 0.05) is 35.6 Å². The van der Waals surface area contributed by atoms with Gasteiger partial charge in [0.05, 0.1) is 12.0 Å². The normalized spacial score (nSPS) is 17.4. The summed E-state index contributed by atoms with van der Waals surface area (Å²) in [7, 11) is -0.805. The minimum atomic E-state index is -0.805. The quantitative estimate of drug-likeness (QED) is 0.648. The molecule has 3 heterocycles. The van der Waals surface area contributed by atoms with Crippen molar-refractivity contribution in [3.05, 3.63) is 36.7 Å². The average molecular weight is 385 g/mol. The van der Waals surface area contributed by atoms with Crippen molar-refractivity contribution < 1.29 is 9.68 Å². The lowest BCUT2D eigenvalue weighted by Crippen LogP contribution is -2.34. The van der Waals surface area contributed by atoms with Crippen molar-refractivity contribution >= 4 is 13.0 Å². The Morgan fingerprint density at radius 1 is 1.14 bits per heavy atom. The number of aromatic amines is 1. The van der Waals surface area contributed by atoms with Gasteiger partial charge in [0.15, 0.2) is 5.90 Å². The van der Waals surface area contributed by atoms with Crippen LogP contribution in [0.1, 0.15) is 66.1 Å². The summed E-state index contributed by atoms with van der Waals surface area (Å²) in [5.74, 6) is 1.66. The van der Waals surface area contributed by atoms with Crippen LogP contribution in [0, 0.1) is 5.41 Å². The van der Waals surface area contributed by atoms with Gasteiger partial charge in [-0.15, -0.1) is 0 Å². The van der Waals surface area contributed by atoms with E-state index in [-0.39, 0.29) is 16.4 Å². The van der Waals surface area contributed by atoms with Crippen LogP contribution in [0.2, 0.25) is 0 Å². The highest BCUT2D eigenvalue weighted by Gasteiger charge is 2.39. The van der Waals surface area contributed by atoms with Gasteiger partial charge < -0.3 is 14.7 Å².